The van der Waals surface area contributed by atoms with Crippen LogP contribution in [-0.4, -0.2) is 11.6 Å². The summed E-state index contributed by atoms with van der Waals surface area (Å²) in [6, 6.07) is 12.1. The molecule has 0 fully saturated rings. The molecule has 0 bridgehead atoms. The summed E-state index contributed by atoms with van der Waals surface area (Å²) in [6.07, 6.45) is 5.78. The summed E-state index contributed by atoms with van der Waals surface area (Å²) in [5.41, 5.74) is 2.03. The van der Waals surface area contributed by atoms with Crippen LogP contribution < -0.4 is 38.6 Å². The third-order valence-corrected chi connectivity index (χ3v) is 4.37. The lowest BCUT2D eigenvalue weighted by molar-refractivity contribution is -0.644. The van der Waals surface area contributed by atoms with E-state index in [4.69, 9.17) is 4.74 Å². The van der Waals surface area contributed by atoms with Crippen LogP contribution in [0.15, 0.2) is 48.8 Å². The molecule has 1 aromatic carbocycles. The first kappa shape index (κ1) is 17.7. The summed E-state index contributed by atoms with van der Waals surface area (Å²) < 4.78 is 8.71. The van der Waals surface area contributed by atoms with Gasteiger partial charge in [-0.1, -0.05) is 29.5 Å². The molecule has 0 atom stereocenters. The zero-order valence-corrected chi connectivity index (χ0v) is 16.0. The molecule has 0 aliphatic heterocycles. The van der Waals surface area contributed by atoms with Gasteiger partial charge in [0.05, 0.1) is 13.7 Å². The van der Waals surface area contributed by atoms with Gasteiger partial charge in [0.25, 0.3) is 0 Å². The third kappa shape index (κ3) is 4.20. The Balaban J connectivity index is 0.00000192. The molecule has 0 aliphatic rings. The van der Waals surface area contributed by atoms with Crippen LogP contribution in [0.2, 0.25) is 0 Å². The topological polar surface area (TPSA) is 38.0 Å². The van der Waals surface area contributed by atoms with Crippen molar-refractivity contribution < 1.29 is 33.3 Å². The van der Waals surface area contributed by atoms with Crippen LogP contribution in [-0.2, 0) is 7.05 Å². The van der Waals surface area contributed by atoms with Crippen molar-refractivity contribution in [2.45, 2.75) is 6.92 Å². The average molecular weight is 439 g/mol. The minimum absolute atomic E-state index is 0. The molecule has 3 rings (SSSR count). The van der Waals surface area contributed by atoms with Gasteiger partial charge in [-0.15, -0.1) is 0 Å². The first-order valence-corrected chi connectivity index (χ1v) is 7.99. The predicted molar refractivity (Wildman–Crippen MR) is 91.1 cm³/mol. The Bertz CT molecular complexity index is 802. The molecule has 6 heteroatoms. The predicted octanol–water partition coefficient (Wildman–Crippen LogP) is 0.606. The van der Waals surface area contributed by atoms with Crippen LogP contribution in [0.5, 0.6) is 5.75 Å². The van der Waals surface area contributed by atoms with E-state index in [0.29, 0.717) is 6.61 Å². The van der Waals surface area contributed by atoms with Gasteiger partial charge in [-0.2, -0.15) is 0 Å². The molecule has 2 aromatic heterocycles. The smallest absolute Gasteiger partial charge is 0.341 e. The summed E-state index contributed by atoms with van der Waals surface area (Å²) in [5, 5.41) is 4.39. The van der Waals surface area contributed by atoms with Crippen LogP contribution in [0, 0.1) is 0 Å². The van der Waals surface area contributed by atoms with Crippen molar-refractivity contribution in [1.29, 1.82) is 0 Å². The molecule has 1 N–H and O–H groups in total. The van der Waals surface area contributed by atoms with Gasteiger partial charge in [-0.25, -0.2) is 4.57 Å². The monoisotopic (exact) mass is 439 g/mol. The number of rotatable bonds is 5. The van der Waals surface area contributed by atoms with E-state index in [2.05, 4.69) is 20.9 Å². The maximum Gasteiger partial charge on any atom is 0.341 e. The maximum absolute atomic E-state index is 5.51. The minimum atomic E-state index is 0. The van der Waals surface area contributed by atoms with Crippen molar-refractivity contribution in [1.82, 2.24) is 4.98 Å². The van der Waals surface area contributed by atoms with Crippen molar-refractivity contribution >= 4 is 33.4 Å². The number of para-hydroxylation sites is 1. The second-order valence-electron chi connectivity index (χ2n) is 4.77. The van der Waals surface area contributed by atoms with Gasteiger partial charge < -0.3 is 34.0 Å². The van der Waals surface area contributed by atoms with Crippen LogP contribution >= 0.6 is 11.3 Å². The maximum atomic E-state index is 5.51. The third-order valence-electron chi connectivity index (χ3n) is 3.23. The lowest BCUT2D eigenvalue weighted by Gasteiger charge is -1.98. The fourth-order valence-corrected chi connectivity index (χ4v) is 3.21. The molecule has 4 nitrogen and oxygen atoms in total. The van der Waals surface area contributed by atoms with Gasteiger partial charge >= 0.3 is 5.65 Å². The molecule has 0 saturated carbocycles. The normalized spacial score (nSPS) is 10.7. The largest absolute Gasteiger partial charge is 1.00 e. The van der Waals surface area contributed by atoms with E-state index in [-0.39, 0.29) is 24.0 Å². The van der Waals surface area contributed by atoms with E-state index in [9.17, 15) is 0 Å². The molecule has 23 heavy (non-hydrogen) atoms. The number of fused-ring (bicyclic) bond motifs is 1. The Labute approximate surface area is 156 Å². The van der Waals surface area contributed by atoms with Crippen LogP contribution in [0.25, 0.3) is 16.4 Å². The molecule has 0 unspecified atom stereocenters. The fraction of sp³-hybridized carbons (Fsp3) is 0.176. The molecule has 0 radical (unpaired) electrons. The molecule has 120 valence electrons. The molecule has 0 amide bonds. The van der Waals surface area contributed by atoms with E-state index >= 15 is 0 Å². The van der Waals surface area contributed by atoms with Crippen molar-refractivity contribution in [3.63, 3.8) is 0 Å². The van der Waals surface area contributed by atoms with Gasteiger partial charge in [0.15, 0.2) is 17.0 Å². The lowest BCUT2D eigenvalue weighted by Crippen LogP contribution is -3.00. The molecule has 0 saturated heterocycles. The molecular weight excluding hydrogens is 421 g/mol. The van der Waals surface area contributed by atoms with Gasteiger partial charge in [-0.05, 0) is 24.0 Å². The molecule has 0 spiro atoms. The highest BCUT2D eigenvalue weighted by Gasteiger charge is 2.15. The first-order valence-electron chi connectivity index (χ1n) is 7.17. The first-order chi connectivity index (χ1) is 10.8. The average Bonchev–Trinajstić information content (AvgIpc) is 2.85. The van der Waals surface area contributed by atoms with Crippen LogP contribution in [0.3, 0.4) is 0 Å². The summed E-state index contributed by atoms with van der Waals surface area (Å²) >= 11 is 1.69. The quantitative estimate of drug-likeness (QED) is 0.468. The van der Waals surface area contributed by atoms with Gasteiger partial charge in [0.1, 0.15) is 4.70 Å². The van der Waals surface area contributed by atoms with E-state index < -0.39 is 0 Å². The Kier molecular flexibility index (Phi) is 6.35. The summed E-state index contributed by atoms with van der Waals surface area (Å²) in [5.74, 6) is 0.815. The van der Waals surface area contributed by atoms with Gasteiger partial charge in [0.2, 0.25) is 0 Å². The van der Waals surface area contributed by atoms with Crippen LogP contribution in [0.1, 0.15) is 11.9 Å². The summed E-state index contributed by atoms with van der Waals surface area (Å²) in [7, 11) is 2.02. The summed E-state index contributed by atoms with van der Waals surface area (Å²) in [6.45, 7) is 2.63. The number of pyridine rings is 1. The highest BCUT2D eigenvalue weighted by Crippen LogP contribution is 2.23. The Morgan fingerprint density at radius 1 is 1.30 bits per heavy atom. The zero-order chi connectivity index (χ0) is 15.4. The number of aryl methyl sites for hydroxylation is 1. The van der Waals surface area contributed by atoms with E-state index in [1.54, 1.807) is 17.5 Å². The van der Waals surface area contributed by atoms with Crippen molar-refractivity contribution in [3.8, 4) is 5.75 Å². The Morgan fingerprint density at radius 3 is 2.83 bits per heavy atom. The molecule has 2 heterocycles. The van der Waals surface area contributed by atoms with E-state index in [0.717, 1.165) is 26.8 Å². The zero-order valence-electron chi connectivity index (χ0n) is 13.0. The summed E-state index contributed by atoms with van der Waals surface area (Å²) in [4.78, 5) is 4.48. The number of thiazole rings is 1. The number of halogens is 1. The fourth-order valence-electron chi connectivity index (χ4n) is 2.17. The SMILES string of the molecule is CCOc1cnc2c(c1)sc(C=CNc1ccccc1)[n+]2C.[I-]. The van der Waals surface area contributed by atoms with Crippen molar-refractivity contribution in [2.24, 2.45) is 7.05 Å². The minimum Gasteiger partial charge on any atom is -1.00 e. The van der Waals surface area contributed by atoms with Crippen molar-refractivity contribution in [3.05, 3.63) is 53.8 Å². The number of ether oxygens (including phenoxy) is 1. The standard InChI is InChI=1S/C17H17N3OS.HI/c1-3-21-14-11-15-17(19-12-14)20(2)16(22-15)9-10-18-13-7-5-4-6-8-13;/h4-12H,3H2,1-2H3;1H. The van der Waals surface area contributed by atoms with E-state index in [1.165, 1.54) is 0 Å². The molecule has 3 aromatic rings. The number of anilines is 1. The second-order valence-corrected chi connectivity index (χ2v) is 5.83. The number of hydrogen-bond acceptors (Lipinski definition) is 4. The Hall–Kier alpha value is -1.67. The highest BCUT2D eigenvalue weighted by molar-refractivity contribution is 7.18. The number of nitrogens with one attached hydrogen (secondary N) is 1. The highest BCUT2D eigenvalue weighted by atomic mass is 127. The second kappa shape index (κ2) is 8.26. The number of benzene rings is 1. The van der Waals surface area contributed by atoms with Gasteiger partial charge in [-0.3, -0.25) is 0 Å². The molecular formula is C17H18IN3OS. The molecule has 0 aliphatic carbocycles. The number of aromatic nitrogens is 2. The van der Waals surface area contributed by atoms with Gasteiger partial charge in [0, 0.05) is 24.0 Å². The van der Waals surface area contributed by atoms with Crippen molar-refractivity contribution in [2.75, 3.05) is 11.9 Å². The van der Waals surface area contributed by atoms with Crippen LogP contribution in [0.4, 0.5) is 5.69 Å². The Morgan fingerprint density at radius 2 is 2.09 bits per heavy atom. The number of hydrogen-bond donors (Lipinski definition) is 1. The van der Waals surface area contributed by atoms with E-state index in [1.807, 2.05) is 56.6 Å². The lowest BCUT2D eigenvalue weighted by atomic mass is 10.3. The number of nitrogens with zero attached hydrogens (tertiary/aromatic N) is 2.